The quantitative estimate of drug-likeness (QED) is 0.507. The molecule has 0 fully saturated rings. The Morgan fingerprint density at radius 2 is 2.00 bits per heavy atom. The van der Waals surface area contributed by atoms with Gasteiger partial charge in [-0.15, -0.1) is 11.3 Å². The van der Waals surface area contributed by atoms with E-state index >= 15 is 0 Å². The SMILES string of the molecule is CCn1c(SCC(=O)N[C@@H](C)CCC(C)C)nc2sc3c(c2c1=O)CCCC3. The predicted molar refractivity (Wildman–Crippen MR) is 119 cm³/mol. The molecule has 28 heavy (non-hydrogen) atoms. The maximum Gasteiger partial charge on any atom is 0.263 e. The van der Waals surface area contributed by atoms with Crippen molar-refractivity contribution in [3.63, 3.8) is 0 Å². The van der Waals surface area contributed by atoms with Crippen LogP contribution in [0.4, 0.5) is 0 Å². The van der Waals surface area contributed by atoms with Gasteiger partial charge < -0.3 is 5.32 Å². The van der Waals surface area contributed by atoms with Crippen LogP contribution in [-0.4, -0.2) is 27.3 Å². The zero-order valence-electron chi connectivity index (χ0n) is 17.3. The third-order valence-corrected chi connectivity index (χ3v) is 7.43. The van der Waals surface area contributed by atoms with Crippen LogP contribution in [0.25, 0.3) is 10.2 Å². The van der Waals surface area contributed by atoms with Crippen molar-refractivity contribution in [3.8, 4) is 0 Å². The smallest absolute Gasteiger partial charge is 0.263 e. The molecule has 2 heterocycles. The molecule has 5 nitrogen and oxygen atoms in total. The van der Waals surface area contributed by atoms with E-state index in [9.17, 15) is 9.59 Å². The molecule has 1 aliphatic rings. The van der Waals surface area contributed by atoms with Crippen LogP contribution in [-0.2, 0) is 24.2 Å². The first-order chi connectivity index (χ1) is 13.4. The molecule has 1 atom stereocenters. The summed E-state index contributed by atoms with van der Waals surface area (Å²) in [4.78, 5) is 32.4. The van der Waals surface area contributed by atoms with Crippen LogP contribution in [0.1, 0.15) is 63.8 Å². The third-order valence-electron chi connectivity index (χ3n) is 5.27. The fraction of sp³-hybridized carbons (Fsp3) is 0.667. The minimum absolute atomic E-state index is 0.00345. The lowest BCUT2D eigenvalue weighted by molar-refractivity contribution is -0.119. The average Bonchev–Trinajstić information content (AvgIpc) is 3.03. The molecule has 0 bridgehead atoms. The molecule has 0 saturated heterocycles. The summed E-state index contributed by atoms with van der Waals surface area (Å²) in [7, 11) is 0. The van der Waals surface area contributed by atoms with E-state index in [4.69, 9.17) is 4.98 Å². The average molecular weight is 422 g/mol. The molecule has 0 saturated carbocycles. The lowest BCUT2D eigenvalue weighted by Crippen LogP contribution is -2.34. The summed E-state index contributed by atoms with van der Waals surface area (Å²) in [6, 6.07) is 0.170. The van der Waals surface area contributed by atoms with Gasteiger partial charge in [0.2, 0.25) is 5.91 Å². The Hall–Kier alpha value is -1.34. The molecule has 0 aromatic carbocycles. The molecule has 3 rings (SSSR count). The Morgan fingerprint density at radius 3 is 2.71 bits per heavy atom. The molecule has 0 aliphatic heterocycles. The van der Waals surface area contributed by atoms with E-state index in [0.29, 0.717) is 17.6 Å². The van der Waals surface area contributed by atoms with Crippen molar-refractivity contribution in [2.45, 2.75) is 84.0 Å². The maximum atomic E-state index is 13.1. The minimum Gasteiger partial charge on any atom is -0.353 e. The van der Waals surface area contributed by atoms with E-state index in [1.54, 1.807) is 15.9 Å². The standard InChI is InChI=1S/C21H31N3O2S2/c1-5-24-20(26)18-15-8-6-7-9-16(15)28-19(18)23-21(24)27-12-17(25)22-14(4)11-10-13(2)3/h13-14H,5-12H2,1-4H3,(H,22,25)/t14-/m0/s1. The van der Waals surface area contributed by atoms with Crippen molar-refractivity contribution in [1.29, 1.82) is 0 Å². The van der Waals surface area contributed by atoms with E-state index in [2.05, 4.69) is 19.2 Å². The summed E-state index contributed by atoms with van der Waals surface area (Å²) in [6.07, 6.45) is 6.47. The lowest BCUT2D eigenvalue weighted by Gasteiger charge is -2.15. The van der Waals surface area contributed by atoms with Gasteiger partial charge in [-0.3, -0.25) is 14.2 Å². The number of carbonyl (C=O) groups excluding carboxylic acids is 1. The first-order valence-electron chi connectivity index (χ1n) is 10.4. The number of amides is 1. The number of nitrogens with one attached hydrogen (secondary N) is 1. The Bertz CT molecular complexity index is 901. The van der Waals surface area contributed by atoms with Crippen LogP contribution in [0.5, 0.6) is 0 Å². The molecule has 7 heteroatoms. The van der Waals surface area contributed by atoms with Crippen molar-refractivity contribution < 1.29 is 4.79 Å². The normalized spacial score (nSPS) is 15.0. The van der Waals surface area contributed by atoms with E-state index < -0.39 is 0 Å². The number of aromatic nitrogens is 2. The summed E-state index contributed by atoms with van der Waals surface area (Å²) in [6.45, 7) is 8.97. The van der Waals surface area contributed by atoms with Gasteiger partial charge in [0.1, 0.15) is 4.83 Å². The van der Waals surface area contributed by atoms with Crippen LogP contribution < -0.4 is 10.9 Å². The van der Waals surface area contributed by atoms with Crippen molar-refractivity contribution in [3.05, 3.63) is 20.8 Å². The zero-order valence-corrected chi connectivity index (χ0v) is 19.0. The van der Waals surface area contributed by atoms with Crippen LogP contribution >= 0.6 is 23.1 Å². The Labute approximate surface area is 175 Å². The number of thiophene rings is 1. The summed E-state index contributed by atoms with van der Waals surface area (Å²) >= 11 is 3.03. The van der Waals surface area contributed by atoms with Gasteiger partial charge in [0.05, 0.1) is 11.1 Å². The van der Waals surface area contributed by atoms with Gasteiger partial charge in [0, 0.05) is 17.5 Å². The molecule has 0 radical (unpaired) electrons. The fourth-order valence-electron chi connectivity index (χ4n) is 3.71. The van der Waals surface area contributed by atoms with E-state index in [-0.39, 0.29) is 23.3 Å². The predicted octanol–water partition coefficient (Wildman–Crippen LogP) is 4.39. The minimum atomic E-state index is 0.00345. The molecule has 2 aromatic heterocycles. The highest BCUT2D eigenvalue weighted by Gasteiger charge is 2.22. The Balaban J connectivity index is 1.74. The monoisotopic (exact) mass is 421 g/mol. The van der Waals surface area contributed by atoms with Crippen molar-refractivity contribution in [1.82, 2.24) is 14.9 Å². The number of thioether (sulfide) groups is 1. The highest BCUT2D eigenvalue weighted by Crippen LogP contribution is 2.34. The first kappa shape index (κ1) is 21.4. The molecule has 154 valence electrons. The molecular formula is C21H31N3O2S2. The van der Waals surface area contributed by atoms with E-state index in [1.165, 1.54) is 28.6 Å². The maximum absolute atomic E-state index is 13.1. The molecule has 1 N–H and O–H groups in total. The second-order valence-electron chi connectivity index (χ2n) is 8.06. The van der Waals surface area contributed by atoms with Crippen LogP contribution in [0.15, 0.2) is 9.95 Å². The van der Waals surface area contributed by atoms with Gasteiger partial charge in [0.25, 0.3) is 5.56 Å². The fourth-order valence-corrected chi connectivity index (χ4v) is 5.89. The van der Waals surface area contributed by atoms with Crippen molar-refractivity contribution in [2.24, 2.45) is 5.92 Å². The lowest BCUT2D eigenvalue weighted by atomic mass is 9.97. The summed E-state index contributed by atoms with van der Waals surface area (Å²) in [5.41, 5.74) is 1.28. The Morgan fingerprint density at radius 1 is 1.25 bits per heavy atom. The van der Waals surface area contributed by atoms with Gasteiger partial charge in [-0.2, -0.15) is 0 Å². The molecular weight excluding hydrogens is 390 g/mol. The van der Waals surface area contributed by atoms with Crippen LogP contribution in [0, 0.1) is 5.92 Å². The second-order valence-corrected chi connectivity index (χ2v) is 10.1. The third kappa shape index (κ3) is 4.79. The number of rotatable bonds is 8. The van der Waals surface area contributed by atoms with Crippen molar-refractivity contribution in [2.75, 3.05) is 5.75 Å². The number of carbonyl (C=O) groups is 1. The number of hydrogen-bond acceptors (Lipinski definition) is 5. The van der Waals surface area contributed by atoms with Gasteiger partial charge in [-0.05, 0) is 63.9 Å². The summed E-state index contributed by atoms with van der Waals surface area (Å²) in [5, 5.41) is 4.54. The highest BCUT2D eigenvalue weighted by molar-refractivity contribution is 7.99. The molecule has 1 amide bonds. The van der Waals surface area contributed by atoms with E-state index in [0.717, 1.165) is 42.3 Å². The molecule has 1 aliphatic carbocycles. The molecule has 2 aromatic rings. The molecule has 0 unspecified atom stereocenters. The van der Waals surface area contributed by atoms with Crippen molar-refractivity contribution >= 4 is 39.2 Å². The highest BCUT2D eigenvalue weighted by atomic mass is 32.2. The topological polar surface area (TPSA) is 64.0 Å². The Kier molecular flexibility index (Phi) is 7.20. The summed E-state index contributed by atoms with van der Waals surface area (Å²) in [5.74, 6) is 0.929. The largest absolute Gasteiger partial charge is 0.353 e. The number of hydrogen-bond donors (Lipinski definition) is 1. The van der Waals surface area contributed by atoms with Gasteiger partial charge >= 0.3 is 0 Å². The van der Waals surface area contributed by atoms with E-state index in [1.807, 2.05) is 13.8 Å². The van der Waals surface area contributed by atoms with Gasteiger partial charge in [0.15, 0.2) is 5.16 Å². The number of nitrogens with zero attached hydrogens (tertiary/aromatic N) is 2. The van der Waals surface area contributed by atoms with Crippen LogP contribution in [0.2, 0.25) is 0 Å². The van der Waals surface area contributed by atoms with Gasteiger partial charge in [-0.1, -0.05) is 25.6 Å². The molecule has 0 spiro atoms. The zero-order chi connectivity index (χ0) is 20.3. The van der Waals surface area contributed by atoms with Gasteiger partial charge in [-0.25, -0.2) is 4.98 Å². The van der Waals surface area contributed by atoms with Crippen LogP contribution in [0.3, 0.4) is 0 Å². The number of fused-ring (bicyclic) bond motifs is 3. The number of aryl methyl sites for hydroxylation is 2. The first-order valence-corrected chi connectivity index (χ1v) is 12.2. The second kappa shape index (κ2) is 9.44. The summed E-state index contributed by atoms with van der Waals surface area (Å²) < 4.78 is 1.73.